The van der Waals surface area contributed by atoms with E-state index in [4.69, 9.17) is 4.98 Å². The minimum atomic E-state index is -0.0332. The predicted molar refractivity (Wildman–Crippen MR) is 147 cm³/mol. The fourth-order valence-electron chi connectivity index (χ4n) is 4.14. The molecule has 0 bridgehead atoms. The molecule has 0 atom stereocenters. The van der Waals surface area contributed by atoms with E-state index in [0.29, 0.717) is 0 Å². The number of aromatic hydroxyl groups is 1. The molecule has 0 aliphatic heterocycles. The maximum atomic E-state index is 10.6. The van der Waals surface area contributed by atoms with Gasteiger partial charge in [0.05, 0.1) is 5.69 Å². The van der Waals surface area contributed by atoms with Crippen LogP contribution in [0.1, 0.15) is 26.3 Å². The molecule has 1 N–H and O–H groups in total. The SMILES string of the molecule is CC(C)(C)c1ccc(O)c(-c2cccc(-c3[c-]c(N(c4ccccc4)c4ccccn4)ccc3)n2)c1.[Pt]. The molecule has 2 heterocycles. The number of anilines is 3. The monoisotopic (exact) mass is 665 g/mol. The van der Waals surface area contributed by atoms with Crippen molar-refractivity contribution in [3.05, 3.63) is 121 Å². The van der Waals surface area contributed by atoms with Gasteiger partial charge in [-0.2, -0.15) is 0 Å². The van der Waals surface area contributed by atoms with Crippen LogP contribution in [-0.4, -0.2) is 15.1 Å². The van der Waals surface area contributed by atoms with Crippen LogP contribution in [0.15, 0.2) is 109 Å². The number of rotatable bonds is 5. The first-order valence-electron chi connectivity index (χ1n) is 12.0. The van der Waals surface area contributed by atoms with Crippen LogP contribution in [0.2, 0.25) is 0 Å². The summed E-state index contributed by atoms with van der Waals surface area (Å²) in [6.45, 7) is 6.48. The quantitative estimate of drug-likeness (QED) is 0.193. The van der Waals surface area contributed by atoms with Gasteiger partial charge in [-0.15, -0.1) is 29.8 Å². The van der Waals surface area contributed by atoms with Crippen molar-refractivity contribution in [2.45, 2.75) is 26.2 Å². The van der Waals surface area contributed by atoms with E-state index in [1.807, 2.05) is 84.9 Å². The molecule has 0 fully saturated rings. The minimum absolute atomic E-state index is 0. The molecule has 2 aromatic heterocycles. The number of nitrogens with zero attached hydrogens (tertiary/aromatic N) is 3. The smallest absolute Gasteiger partial charge is 0.136 e. The third-order valence-electron chi connectivity index (χ3n) is 6.08. The number of phenolic OH excluding ortho intramolecular Hbond substituents is 1. The Morgan fingerprint density at radius 3 is 2.22 bits per heavy atom. The molecule has 5 heteroatoms. The number of hydrogen-bond acceptors (Lipinski definition) is 4. The summed E-state index contributed by atoms with van der Waals surface area (Å²) in [7, 11) is 0. The number of phenols is 1. The third kappa shape index (κ3) is 5.81. The van der Waals surface area contributed by atoms with Gasteiger partial charge >= 0.3 is 0 Å². The van der Waals surface area contributed by atoms with Gasteiger partial charge in [-0.25, -0.2) is 4.98 Å². The van der Waals surface area contributed by atoms with E-state index in [1.165, 1.54) is 0 Å². The molecule has 0 unspecified atom stereocenters. The molecule has 0 saturated carbocycles. The molecule has 188 valence electrons. The Hall–Kier alpha value is -3.75. The summed E-state index contributed by atoms with van der Waals surface area (Å²) < 4.78 is 0. The number of hydrogen-bond donors (Lipinski definition) is 1. The average molecular weight is 666 g/mol. The maximum absolute atomic E-state index is 10.6. The minimum Gasteiger partial charge on any atom is -0.507 e. The second-order valence-electron chi connectivity index (χ2n) is 9.70. The summed E-state index contributed by atoms with van der Waals surface area (Å²) in [5, 5.41) is 10.6. The van der Waals surface area contributed by atoms with Crippen LogP contribution in [0.4, 0.5) is 17.2 Å². The first-order chi connectivity index (χ1) is 17.4. The van der Waals surface area contributed by atoms with Crippen molar-refractivity contribution in [3.8, 4) is 28.3 Å². The zero-order valence-electron chi connectivity index (χ0n) is 21.0. The Bertz CT molecular complexity index is 1440. The van der Waals surface area contributed by atoms with Gasteiger partial charge in [-0.05, 0) is 64.8 Å². The van der Waals surface area contributed by atoms with E-state index in [1.54, 1.807) is 12.3 Å². The van der Waals surface area contributed by atoms with Crippen molar-refractivity contribution >= 4 is 17.2 Å². The zero-order chi connectivity index (χ0) is 25.1. The van der Waals surface area contributed by atoms with Crippen molar-refractivity contribution in [1.82, 2.24) is 9.97 Å². The summed E-state index contributed by atoms with van der Waals surface area (Å²) >= 11 is 0. The fourth-order valence-corrected chi connectivity index (χ4v) is 4.14. The fraction of sp³-hybridized carbons (Fsp3) is 0.125. The topological polar surface area (TPSA) is 49.2 Å². The molecule has 5 rings (SSSR count). The molecule has 5 aromatic rings. The zero-order valence-corrected chi connectivity index (χ0v) is 23.3. The first-order valence-corrected chi connectivity index (χ1v) is 12.0. The van der Waals surface area contributed by atoms with Gasteiger partial charge in [0.2, 0.25) is 0 Å². The predicted octanol–water partition coefficient (Wildman–Crippen LogP) is 8.08. The Morgan fingerprint density at radius 1 is 0.757 bits per heavy atom. The van der Waals surface area contributed by atoms with Gasteiger partial charge in [-0.1, -0.05) is 63.2 Å². The van der Waals surface area contributed by atoms with Crippen LogP contribution in [0, 0.1) is 6.07 Å². The van der Waals surface area contributed by atoms with Gasteiger partial charge in [-0.3, -0.25) is 4.98 Å². The molecule has 0 spiro atoms. The van der Waals surface area contributed by atoms with Crippen molar-refractivity contribution in [3.63, 3.8) is 0 Å². The summed E-state index contributed by atoms with van der Waals surface area (Å²) in [6.07, 6.45) is 1.79. The van der Waals surface area contributed by atoms with Gasteiger partial charge in [0, 0.05) is 38.5 Å². The summed E-state index contributed by atoms with van der Waals surface area (Å²) in [5.41, 5.74) is 6.05. The Balaban J connectivity index is 0.00000320. The van der Waals surface area contributed by atoms with E-state index in [2.05, 4.69) is 48.9 Å². The number of para-hydroxylation sites is 1. The first kappa shape index (κ1) is 26.3. The van der Waals surface area contributed by atoms with E-state index in [9.17, 15) is 5.11 Å². The molecule has 0 aliphatic rings. The van der Waals surface area contributed by atoms with Crippen molar-refractivity contribution < 1.29 is 26.2 Å². The molecule has 3 aromatic carbocycles. The Kier molecular flexibility index (Phi) is 7.90. The van der Waals surface area contributed by atoms with Gasteiger partial charge < -0.3 is 10.0 Å². The molecule has 0 amide bonds. The average Bonchev–Trinajstić information content (AvgIpc) is 2.90. The van der Waals surface area contributed by atoms with Crippen molar-refractivity contribution in [1.29, 1.82) is 0 Å². The largest absolute Gasteiger partial charge is 0.507 e. The van der Waals surface area contributed by atoms with Gasteiger partial charge in [0.15, 0.2) is 0 Å². The number of pyridine rings is 2. The van der Waals surface area contributed by atoms with Crippen LogP contribution in [-0.2, 0) is 26.5 Å². The molecule has 4 nitrogen and oxygen atoms in total. The number of benzene rings is 3. The van der Waals surface area contributed by atoms with Crippen LogP contribution in [0.5, 0.6) is 5.75 Å². The summed E-state index contributed by atoms with van der Waals surface area (Å²) in [4.78, 5) is 11.6. The van der Waals surface area contributed by atoms with Crippen LogP contribution in [0.25, 0.3) is 22.5 Å². The second-order valence-corrected chi connectivity index (χ2v) is 9.70. The second kappa shape index (κ2) is 11.1. The molecule has 0 radical (unpaired) electrons. The van der Waals surface area contributed by atoms with E-state index in [0.717, 1.165) is 45.3 Å². The Labute approximate surface area is 233 Å². The number of aromatic nitrogens is 2. The van der Waals surface area contributed by atoms with Crippen molar-refractivity contribution in [2.24, 2.45) is 0 Å². The van der Waals surface area contributed by atoms with Crippen LogP contribution < -0.4 is 4.90 Å². The maximum Gasteiger partial charge on any atom is 0.136 e. The van der Waals surface area contributed by atoms with Crippen molar-refractivity contribution in [2.75, 3.05) is 4.90 Å². The van der Waals surface area contributed by atoms with E-state index < -0.39 is 0 Å². The van der Waals surface area contributed by atoms with Gasteiger partial charge in [0.1, 0.15) is 11.6 Å². The normalized spacial score (nSPS) is 11.0. The van der Waals surface area contributed by atoms with Crippen LogP contribution in [0.3, 0.4) is 0 Å². The van der Waals surface area contributed by atoms with E-state index >= 15 is 0 Å². The molecular weight excluding hydrogens is 637 g/mol. The third-order valence-corrected chi connectivity index (χ3v) is 6.08. The van der Waals surface area contributed by atoms with E-state index in [-0.39, 0.29) is 32.2 Å². The molecule has 0 aliphatic carbocycles. The summed E-state index contributed by atoms with van der Waals surface area (Å²) in [5.74, 6) is 1.03. The van der Waals surface area contributed by atoms with Crippen LogP contribution >= 0.6 is 0 Å². The Morgan fingerprint density at radius 2 is 1.49 bits per heavy atom. The summed E-state index contributed by atoms with van der Waals surface area (Å²) in [6, 6.07) is 37.2. The van der Waals surface area contributed by atoms with Gasteiger partial charge in [0.25, 0.3) is 0 Å². The molecular formula is C32H28N3OPt-. The molecule has 0 saturated heterocycles. The standard InChI is InChI=1S/C32H28N3O.Pt/c1-32(2,3)24-18-19-30(36)27(22-24)29-16-10-15-28(34-29)23-11-9-14-26(21-23)35(25-12-5-4-6-13-25)31-17-7-8-20-33-31;/h4-20,22,36H,1-3H3;/q-1;. The molecule has 37 heavy (non-hydrogen) atoms.